The van der Waals surface area contributed by atoms with Gasteiger partial charge in [-0.15, -0.1) is 0 Å². The Labute approximate surface area is 168 Å². The monoisotopic (exact) mass is 418 g/mol. The average molecular weight is 418 g/mol. The lowest BCUT2D eigenvalue weighted by Gasteiger charge is -2.13. The molecule has 0 aliphatic heterocycles. The van der Waals surface area contributed by atoms with Gasteiger partial charge < -0.3 is 19.2 Å². The number of sulfonamides is 1. The number of anilines is 1. The van der Waals surface area contributed by atoms with E-state index in [1.54, 1.807) is 38.1 Å². The third-order valence-electron chi connectivity index (χ3n) is 4.07. The van der Waals surface area contributed by atoms with Crippen LogP contribution >= 0.6 is 0 Å². The Kier molecular flexibility index (Phi) is 5.81. The number of nitrogens with one attached hydrogen (secondary N) is 2. The molecule has 29 heavy (non-hydrogen) atoms. The van der Waals surface area contributed by atoms with Crippen molar-refractivity contribution in [1.29, 1.82) is 0 Å². The number of benzene rings is 2. The molecule has 1 heterocycles. The number of hydrogen-bond acceptors (Lipinski definition) is 6. The zero-order valence-corrected chi connectivity index (χ0v) is 17.3. The lowest BCUT2D eigenvalue weighted by Crippen LogP contribution is -2.30. The van der Waals surface area contributed by atoms with E-state index in [0.29, 0.717) is 22.5 Å². The standard InChI is InChI=1S/C20H22N2O6S/c1-12(2)22-29(24,25)14-8-9-16(26-3)15(11-14)21-20(23)18-10-13-6-5-7-17(27-4)19(13)28-18/h5-12,22H,1-4H3,(H,21,23). The van der Waals surface area contributed by atoms with Crippen molar-refractivity contribution >= 4 is 32.6 Å². The molecule has 0 unspecified atom stereocenters. The molecule has 3 rings (SSSR count). The molecule has 1 aromatic heterocycles. The predicted molar refractivity (Wildman–Crippen MR) is 109 cm³/mol. The summed E-state index contributed by atoms with van der Waals surface area (Å²) in [5.41, 5.74) is 0.654. The molecule has 0 bridgehead atoms. The van der Waals surface area contributed by atoms with Crippen molar-refractivity contribution in [2.24, 2.45) is 0 Å². The number of amides is 1. The number of carbonyl (C=O) groups is 1. The van der Waals surface area contributed by atoms with E-state index in [2.05, 4.69) is 10.0 Å². The van der Waals surface area contributed by atoms with Crippen molar-refractivity contribution in [1.82, 2.24) is 4.72 Å². The van der Waals surface area contributed by atoms with Crippen molar-refractivity contribution in [2.75, 3.05) is 19.5 Å². The summed E-state index contributed by atoms with van der Waals surface area (Å²) >= 11 is 0. The lowest BCUT2D eigenvalue weighted by molar-refractivity contribution is 0.0998. The van der Waals surface area contributed by atoms with Crippen LogP contribution in [0.3, 0.4) is 0 Å². The highest BCUT2D eigenvalue weighted by molar-refractivity contribution is 7.89. The zero-order chi connectivity index (χ0) is 21.2. The van der Waals surface area contributed by atoms with E-state index >= 15 is 0 Å². The minimum atomic E-state index is -3.73. The van der Waals surface area contributed by atoms with E-state index < -0.39 is 15.9 Å². The maximum atomic E-state index is 12.7. The van der Waals surface area contributed by atoms with E-state index in [1.165, 1.54) is 32.4 Å². The Morgan fingerprint density at radius 3 is 2.41 bits per heavy atom. The zero-order valence-electron chi connectivity index (χ0n) is 16.5. The molecule has 0 saturated carbocycles. The van der Waals surface area contributed by atoms with Crippen LogP contribution in [-0.4, -0.2) is 34.6 Å². The number of ether oxygens (including phenoxy) is 2. The Morgan fingerprint density at radius 1 is 1.03 bits per heavy atom. The van der Waals surface area contributed by atoms with Crippen molar-refractivity contribution in [2.45, 2.75) is 24.8 Å². The summed E-state index contributed by atoms with van der Waals surface area (Å²) in [5.74, 6) is 0.329. The van der Waals surface area contributed by atoms with Gasteiger partial charge in [0.05, 0.1) is 24.8 Å². The molecule has 154 valence electrons. The van der Waals surface area contributed by atoms with Crippen LogP contribution in [0.15, 0.2) is 51.8 Å². The molecule has 0 fully saturated rings. The molecule has 8 nitrogen and oxygen atoms in total. The van der Waals surface area contributed by atoms with Crippen LogP contribution in [-0.2, 0) is 10.0 Å². The topological polar surface area (TPSA) is 107 Å². The summed E-state index contributed by atoms with van der Waals surface area (Å²) in [7, 11) is -0.793. The summed E-state index contributed by atoms with van der Waals surface area (Å²) in [4.78, 5) is 12.7. The first-order valence-electron chi connectivity index (χ1n) is 8.83. The molecule has 0 radical (unpaired) electrons. The minimum Gasteiger partial charge on any atom is -0.495 e. The molecule has 9 heteroatoms. The van der Waals surface area contributed by atoms with Gasteiger partial charge in [0.2, 0.25) is 10.0 Å². The van der Waals surface area contributed by atoms with E-state index in [9.17, 15) is 13.2 Å². The number of rotatable bonds is 7. The van der Waals surface area contributed by atoms with E-state index in [0.717, 1.165) is 0 Å². The average Bonchev–Trinajstić information content (AvgIpc) is 3.11. The van der Waals surface area contributed by atoms with Crippen LogP contribution in [0, 0.1) is 0 Å². The molecule has 0 aliphatic rings. The summed E-state index contributed by atoms with van der Waals surface area (Å²) < 4.78 is 43.5. The normalized spacial score (nSPS) is 11.6. The molecule has 0 aliphatic carbocycles. The Bertz CT molecular complexity index is 1150. The van der Waals surface area contributed by atoms with Crippen LogP contribution in [0.1, 0.15) is 24.4 Å². The van der Waals surface area contributed by atoms with Crippen molar-refractivity contribution < 1.29 is 27.1 Å². The highest BCUT2D eigenvalue weighted by Crippen LogP contribution is 2.31. The smallest absolute Gasteiger partial charge is 0.291 e. The van der Waals surface area contributed by atoms with Crippen LogP contribution < -0.4 is 19.5 Å². The predicted octanol–water partition coefficient (Wildman–Crippen LogP) is 3.39. The molecule has 3 aromatic rings. The van der Waals surface area contributed by atoms with Crippen LogP contribution in [0.25, 0.3) is 11.0 Å². The third-order valence-corrected chi connectivity index (χ3v) is 5.73. The van der Waals surface area contributed by atoms with Gasteiger partial charge in [0, 0.05) is 11.4 Å². The van der Waals surface area contributed by atoms with Crippen molar-refractivity contribution in [3.63, 3.8) is 0 Å². The molecule has 0 atom stereocenters. The fraction of sp³-hybridized carbons (Fsp3) is 0.250. The number of methoxy groups -OCH3 is 2. The summed E-state index contributed by atoms with van der Waals surface area (Å²) in [6.07, 6.45) is 0. The lowest BCUT2D eigenvalue weighted by atomic mass is 10.2. The van der Waals surface area contributed by atoms with Crippen molar-refractivity contribution in [3.05, 3.63) is 48.2 Å². The highest BCUT2D eigenvalue weighted by atomic mass is 32.2. The molecular weight excluding hydrogens is 396 g/mol. The van der Waals surface area contributed by atoms with Gasteiger partial charge in [-0.05, 0) is 44.2 Å². The maximum Gasteiger partial charge on any atom is 0.291 e. The van der Waals surface area contributed by atoms with Crippen LogP contribution in [0.5, 0.6) is 11.5 Å². The second-order valence-corrected chi connectivity index (χ2v) is 8.30. The number of fused-ring (bicyclic) bond motifs is 1. The van der Waals surface area contributed by atoms with Crippen LogP contribution in [0.4, 0.5) is 5.69 Å². The van der Waals surface area contributed by atoms with Gasteiger partial charge in [0.15, 0.2) is 17.1 Å². The van der Waals surface area contributed by atoms with E-state index in [-0.39, 0.29) is 22.4 Å². The summed E-state index contributed by atoms with van der Waals surface area (Å²) in [6.45, 7) is 3.44. The van der Waals surface area contributed by atoms with Gasteiger partial charge >= 0.3 is 0 Å². The van der Waals surface area contributed by atoms with Gasteiger partial charge in [-0.25, -0.2) is 13.1 Å². The SMILES string of the molecule is COc1ccc(S(=O)(=O)NC(C)C)cc1NC(=O)c1cc2cccc(OC)c2o1. The number of furan rings is 1. The Balaban J connectivity index is 1.94. The quantitative estimate of drug-likeness (QED) is 0.609. The second kappa shape index (κ2) is 8.14. The highest BCUT2D eigenvalue weighted by Gasteiger charge is 2.20. The van der Waals surface area contributed by atoms with Gasteiger partial charge in [0.1, 0.15) is 5.75 Å². The Morgan fingerprint density at radius 2 is 1.76 bits per heavy atom. The third kappa shape index (κ3) is 4.36. The second-order valence-electron chi connectivity index (χ2n) is 6.58. The fourth-order valence-corrected chi connectivity index (χ4v) is 4.10. The number of carbonyl (C=O) groups excluding carboxylic acids is 1. The fourth-order valence-electron chi connectivity index (χ4n) is 2.82. The maximum absolute atomic E-state index is 12.7. The summed E-state index contributed by atoms with van der Waals surface area (Å²) in [6, 6.07) is 10.8. The molecule has 0 spiro atoms. The van der Waals surface area contributed by atoms with E-state index in [1.807, 2.05) is 0 Å². The molecule has 2 aromatic carbocycles. The van der Waals surface area contributed by atoms with Crippen LogP contribution in [0.2, 0.25) is 0 Å². The molecule has 1 amide bonds. The van der Waals surface area contributed by atoms with E-state index in [4.69, 9.17) is 13.9 Å². The molecule has 2 N–H and O–H groups in total. The number of hydrogen-bond donors (Lipinski definition) is 2. The molecule has 0 saturated heterocycles. The van der Waals surface area contributed by atoms with Gasteiger partial charge in [-0.1, -0.05) is 12.1 Å². The number of para-hydroxylation sites is 1. The van der Waals surface area contributed by atoms with Gasteiger partial charge in [0.25, 0.3) is 5.91 Å². The molecular formula is C20H22N2O6S. The first-order chi connectivity index (χ1) is 13.7. The Hall–Kier alpha value is -3.04. The van der Waals surface area contributed by atoms with Gasteiger partial charge in [-0.3, -0.25) is 4.79 Å². The first kappa shape index (κ1) is 20.7. The van der Waals surface area contributed by atoms with Gasteiger partial charge in [-0.2, -0.15) is 0 Å². The first-order valence-corrected chi connectivity index (χ1v) is 10.3. The minimum absolute atomic E-state index is 0.00794. The van der Waals surface area contributed by atoms with Crippen molar-refractivity contribution in [3.8, 4) is 11.5 Å². The largest absolute Gasteiger partial charge is 0.495 e. The summed E-state index contributed by atoms with van der Waals surface area (Å²) in [5, 5.41) is 3.36.